The number of ketones is 1. The third-order valence-corrected chi connectivity index (χ3v) is 7.51. The minimum absolute atomic E-state index is 0.0890. The van der Waals surface area contributed by atoms with Crippen LogP contribution in [0, 0.1) is 28.6 Å². The molecule has 4 aliphatic rings. The van der Waals surface area contributed by atoms with Gasteiger partial charge < -0.3 is 5.11 Å². The van der Waals surface area contributed by atoms with E-state index in [1.54, 1.807) is 6.08 Å². The second kappa shape index (κ2) is 4.32. The third kappa shape index (κ3) is 1.72. The third-order valence-electron chi connectivity index (χ3n) is 7.51. The molecule has 3 saturated carbocycles. The Kier molecular flexibility index (Phi) is 2.83. The van der Waals surface area contributed by atoms with Crippen molar-refractivity contribution in [2.24, 2.45) is 28.6 Å². The highest BCUT2D eigenvalue weighted by atomic mass is 16.3. The normalized spacial score (nSPS) is 52.0. The first-order chi connectivity index (χ1) is 9.95. The quantitative estimate of drug-likeness (QED) is 0.738. The van der Waals surface area contributed by atoms with Crippen LogP contribution in [-0.4, -0.2) is 17.0 Å². The molecule has 0 aliphatic heterocycles. The van der Waals surface area contributed by atoms with Crippen LogP contribution in [0.3, 0.4) is 0 Å². The number of allylic oxidation sites excluding steroid dienone is 4. The second-order valence-corrected chi connectivity index (χ2v) is 8.24. The van der Waals surface area contributed by atoms with Crippen LogP contribution in [-0.2, 0) is 4.79 Å². The number of carbonyl (C=O) groups excluding carboxylic acids is 1. The largest absolute Gasteiger partial charge is 0.393 e. The minimum Gasteiger partial charge on any atom is -0.393 e. The molecule has 0 radical (unpaired) electrons. The maximum absolute atomic E-state index is 11.7. The smallest absolute Gasteiger partial charge is 0.178 e. The fraction of sp³-hybridized carbons (Fsp3) is 0.737. The van der Waals surface area contributed by atoms with Crippen molar-refractivity contribution in [1.82, 2.24) is 0 Å². The van der Waals surface area contributed by atoms with Gasteiger partial charge in [0.05, 0.1) is 6.10 Å². The number of rotatable bonds is 0. The fourth-order valence-electron chi connectivity index (χ4n) is 6.17. The summed E-state index contributed by atoms with van der Waals surface area (Å²) < 4.78 is 0. The number of aliphatic hydroxyl groups is 1. The SMILES string of the molecule is C[C@]12CC[C@@H]3[C@H](CCC4=CC(=O)C=C[C@@]43C)[C@H]1CC[C@H]2O. The molecule has 0 amide bonds. The van der Waals surface area contributed by atoms with E-state index in [0.29, 0.717) is 11.8 Å². The Bertz CT molecular complexity index is 546. The monoisotopic (exact) mass is 286 g/mol. The van der Waals surface area contributed by atoms with E-state index < -0.39 is 0 Å². The van der Waals surface area contributed by atoms with E-state index in [9.17, 15) is 9.90 Å². The van der Waals surface area contributed by atoms with Gasteiger partial charge in [-0.15, -0.1) is 0 Å². The number of hydrogen-bond donors (Lipinski definition) is 1. The molecule has 0 aromatic rings. The van der Waals surface area contributed by atoms with Gasteiger partial charge in [0, 0.05) is 5.41 Å². The van der Waals surface area contributed by atoms with Crippen molar-refractivity contribution in [3.05, 3.63) is 23.8 Å². The Hall–Kier alpha value is -0.890. The van der Waals surface area contributed by atoms with Crippen molar-refractivity contribution < 1.29 is 9.90 Å². The summed E-state index contributed by atoms with van der Waals surface area (Å²) >= 11 is 0. The molecule has 6 atom stereocenters. The number of aliphatic hydroxyl groups excluding tert-OH is 1. The molecule has 0 aromatic heterocycles. The van der Waals surface area contributed by atoms with Crippen molar-refractivity contribution in [2.45, 2.75) is 58.5 Å². The molecular weight excluding hydrogens is 260 g/mol. The van der Waals surface area contributed by atoms with Gasteiger partial charge >= 0.3 is 0 Å². The first-order valence-electron chi connectivity index (χ1n) is 8.57. The molecule has 2 heteroatoms. The summed E-state index contributed by atoms with van der Waals surface area (Å²) in [6.45, 7) is 4.66. The zero-order valence-corrected chi connectivity index (χ0v) is 13.1. The Morgan fingerprint density at radius 3 is 2.76 bits per heavy atom. The summed E-state index contributed by atoms with van der Waals surface area (Å²) in [6, 6.07) is 0. The van der Waals surface area contributed by atoms with Gasteiger partial charge in [-0.2, -0.15) is 0 Å². The predicted octanol–water partition coefficient (Wildman–Crippen LogP) is 3.66. The number of hydrogen-bond acceptors (Lipinski definition) is 2. The van der Waals surface area contributed by atoms with Crippen molar-refractivity contribution in [1.29, 1.82) is 0 Å². The van der Waals surface area contributed by atoms with Crippen LogP contribution in [0.15, 0.2) is 23.8 Å². The Labute approximate surface area is 127 Å². The zero-order chi connectivity index (χ0) is 14.8. The van der Waals surface area contributed by atoms with E-state index >= 15 is 0 Å². The van der Waals surface area contributed by atoms with Gasteiger partial charge in [-0.3, -0.25) is 4.79 Å². The molecule has 1 N–H and O–H groups in total. The standard InChI is InChI=1S/C19H26O2/c1-18-9-7-13(20)11-12(18)3-4-14-15-5-6-17(21)19(15,2)10-8-16(14)18/h7,9,11,14-17,21H,3-6,8,10H2,1-2H3/t14-,15-,16-,17-,18+,19+/m1/s1. The van der Waals surface area contributed by atoms with Gasteiger partial charge in [-0.1, -0.05) is 25.5 Å². The van der Waals surface area contributed by atoms with Crippen molar-refractivity contribution >= 4 is 5.78 Å². The molecule has 0 bridgehead atoms. The molecule has 3 fully saturated rings. The van der Waals surface area contributed by atoms with Gasteiger partial charge in [0.15, 0.2) is 5.78 Å². The molecule has 0 aromatic carbocycles. The molecule has 0 heterocycles. The van der Waals surface area contributed by atoms with Crippen LogP contribution in [0.1, 0.15) is 52.4 Å². The summed E-state index contributed by atoms with van der Waals surface area (Å²) in [7, 11) is 0. The molecule has 21 heavy (non-hydrogen) atoms. The number of carbonyl (C=O) groups is 1. The van der Waals surface area contributed by atoms with Crippen LogP contribution in [0.4, 0.5) is 0 Å². The van der Waals surface area contributed by atoms with Crippen LogP contribution in [0.5, 0.6) is 0 Å². The van der Waals surface area contributed by atoms with Gasteiger partial charge in [0.25, 0.3) is 0 Å². The van der Waals surface area contributed by atoms with Crippen LogP contribution in [0.25, 0.3) is 0 Å². The fourth-order valence-corrected chi connectivity index (χ4v) is 6.17. The lowest BCUT2D eigenvalue weighted by atomic mass is 9.48. The van der Waals surface area contributed by atoms with E-state index in [1.807, 2.05) is 6.08 Å². The van der Waals surface area contributed by atoms with E-state index in [4.69, 9.17) is 0 Å². The minimum atomic E-state index is -0.100. The summed E-state index contributed by atoms with van der Waals surface area (Å²) in [5, 5.41) is 10.4. The highest BCUT2D eigenvalue weighted by molar-refractivity contribution is 6.01. The molecule has 4 rings (SSSR count). The summed E-state index contributed by atoms with van der Waals surface area (Å²) in [5.41, 5.74) is 1.59. The molecule has 2 nitrogen and oxygen atoms in total. The van der Waals surface area contributed by atoms with E-state index in [-0.39, 0.29) is 22.7 Å². The lowest BCUT2D eigenvalue weighted by Gasteiger charge is -2.56. The summed E-state index contributed by atoms with van der Waals surface area (Å²) in [6.07, 6.45) is 12.6. The average molecular weight is 286 g/mol. The zero-order valence-electron chi connectivity index (χ0n) is 13.1. The van der Waals surface area contributed by atoms with E-state index in [0.717, 1.165) is 25.2 Å². The Morgan fingerprint density at radius 2 is 1.95 bits per heavy atom. The van der Waals surface area contributed by atoms with Crippen LogP contribution < -0.4 is 0 Å². The predicted molar refractivity (Wildman–Crippen MR) is 82.6 cm³/mol. The first-order valence-corrected chi connectivity index (χ1v) is 8.57. The van der Waals surface area contributed by atoms with Gasteiger partial charge in [0.1, 0.15) is 0 Å². The Balaban J connectivity index is 1.70. The van der Waals surface area contributed by atoms with Crippen molar-refractivity contribution in [2.75, 3.05) is 0 Å². The molecular formula is C19H26O2. The van der Waals surface area contributed by atoms with E-state index in [2.05, 4.69) is 19.9 Å². The maximum atomic E-state index is 11.7. The maximum Gasteiger partial charge on any atom is 0.178 e. The Morgan fingerprint density at radius 1 is 1.14 bits per heavy atom. The first kappa shape index (κ1) is 13.8. The van der Waals surface area contributed by atoms with Gasteiger partial charge in [-0.25, -0.2) is 0 Å². The highest BCUT2D eigenvalue weighted by Gasteiger charge is 2.58. The lowest BCUT2D eigenvalue weighted by Crippen LogP contribution is -2.50. The molecule has 114 valence electrons. The molecule has 0 saturated heterocycles. The summed E-state index contributed by atoms with van der Waals surface area (Å²) in [5.74, 6) is 2.22. The number of fused-ring (bicyclic) bond motifs is 5. The second-order valence-electron chi connectivity index (χ2n) is 8.24. The topological polar surface area (TPSA) is 37.3 Å². The van der Waals surface area contributed by atoms with Crippen LogP contribution >= 0.6 is 0 Å². The molecule has 0 spiro atoms. The van der Waals surface area contributed by atoms with Crippen molar-refractivity contribution in [3.63, 3.8) is 0 Å². The molecule has 4 aliphatic carbocycles. The van der Waals surface area contributed by atoms with Crippen LogP contribution in [0.2, 0.25) is 0 Å². The summed E-state index contributed by atoms with van der Waals surface area (Å²) in [4.78, 5) is 11.7. The van der Waals surface area contributed by atoms with Gasteiger partial charge in [-0.05, 0) is 73.8 Å². The highest BCUT2D eigenvalue weighted by Crippen LogP contribution is 2.64. The average Bonchev–Trinajstić information content (AvgIpc) is 2.76. The van der Waals surface area contributed by atoms with E-state index in [1.165, 1.54) is 24.8 Å². The van der Waals surface area contributed by atoms with Gasteiger partial charge in [0.2, 0.25) is 0 Å². The van der Waals surface area contributed by atoms with Crippen molar-refractivity contribution in [3.8, 4) is 0 Å². The lowest BCUT2D eigenvalue weighted by molar-refractivity contribution is -0.111. The molecule has 0 unspecified atom stereocenters.